The molecule has 3 N–H and O–H groups in total. The zero-order chi connectivity index (χ0) is 25.9. The molecule has 0 spiro atoms. The molecule has 1 saturated heterocycles. The molecule has 2 aromatic carbocycles. The minimum absolute atomic E-state index is 0.138. The number of anilines is 1. The molecular formula is C27H29N3O6. The highest BCUT2D eigenvalue weighted by Crippen LogP contribution is 2.27. The van der Waals surface area contributed by atoms with Gasteiger partial charge in [0, 0.05) is 18.2 Å². The van der Waals surface area contributed by atoms with Crippen molar-refractivity contribution < 1.29 is 29.3 Å². The van der Waals surface area contributed by atoms with Crippen LogP contribution in [0.25, 0.3) is 11.1 Å². The Kier molecular flexibility index (Phi) is 9.53. The number of nitrogens with one attached hydrogen (secondary N) is 1. The van der Waals surface area contributed by atoms with E-state index in [9.17, 15) is 4.79 Å². The highest BCUT2D eigenvalue weighted by molar-refractivity contribution is 6.27. The van der Waals surface area contributed by atoms with E-state index in [4.69, 9.17) is 24.5 Å². The first kappa shape index (κ1) is 26.4. The van der Waals surface area contributed by atoms with Crippen molar-refractivity contribution in [2.45, 2.75) is 25.8 Å². The van der Waals surface area contributed by atoms with E-state index in [1.165, 1.54) is 36.0 Å². The van der Waals surface area contributed by atoms with Crippen molar-refractivity contribution in [3.8, 4) is 17.0 Å². The Labute approximate surface area is 209 Å². The number of carboxylic acid groups (broad SMARTS) is 2. The van der Waals surface area contributed by atoms with Crippen molar-refractivity contribution >= 4 is 23.5 Å². The smallest absolute Gasteiger partial charge is 0.414 e. The van der Waals surface area contributed by atoms with E-state index in [-0.39, 0.29) is 5.91 Å². The lowest BCUT2D eigenvalue weighted by Crippen LogP contribution is -2.29. The quantitative estimate of drug-likeness (QED) is 0.439. The summed E-state index contributed by atoms with van der Waals surface area (Å²) in [6, 6.07) is 19.9. The van der Waals surface area contributed by atoms with Crippen LogP contribution in [0.4, 0.5) is 5.69 Å². The number of ether oxygens (including phenoxy) is 1. The van der Waals surface area contributed by atoms with Crippen molar-refractivity contribution in [2.75, 3.05) is 25.5 Å². The predicted octanol–water partition coefficient (Wildman–Crippen LogP) is 4.15. The second-order valence-corrected chi connectivity index (χ2v) is 8.23. The normalized spacial score (nSPS) is 13.1. The van der Waals surface area contributed by atoms with Gasteiger partial charge in [-0.1, -0.05) is 42.8 Å². The third-order valence-electron chi connectivity index (χ3n) is 5.68. The molecule has 0 aliphatic carbocycles. The number of nitrogens with zero attached hydrogens (tertiary/aromatic N) is 2. The van der Waals surface area contributed by atoms with E-state index in [2.05, 4.69) is 45.5 Å². The van der Waals surface area contributed by atoms with Gasteiger partial charge in [0.05, 0.1) is 19.0 Å². The van der Waals surface area contributed by atoms with Gasteiger partial charge >= 0.3 is 11.9 Å². The third-order valence-corrected chi connectivity index (χ3v) is 5.68. The monoisotopic (exact) mass is 491 g/mol. The minimum Gasteiger partial charge on any atom is -0.481 e. The Bertz CT molecular complexity index is 1160. The molecule has 0 radical (unpaired) electrons. The number of carbonyl (C=O) groups is 3. The molecule has 0 unspecified atom stereocenters. The average Bonchev–Trinajstić information content (AvgIpc) is 2.90. The van der Waals surface area contributed by atoms with Crippen LogP contribution in [0.3, 0.4) is 0 Å². The second kappa shape index (κ2) is 13.0. The van der Waals surface area contributed by atoms with E-state index >= 15 is 0 Å². The standard InChI is InChI=1S/C25H27N3O2.C2H2O4/c1-30-24-13-11-22(17-26-24)27-25(29)20-10-12-23(19-8-4-2-5-9-19)21(16-20)18-28-14-6-3-7-15-28;3-1(4)2(5)6/h2,4-5,8-13,16-17H,3,6-7,14-15,18H2,1H3,(H,27,29);(H,3,4)(H,5,6). The molecule has 9 heteroatoms. The summed E-state index contributed by atoms with van der Waals surface area (Å²) in [6.07, 6.45) is 5.39. The number of hydrogen-bond acceptors (Lipinski definition) is 6. The van der Waals surface area contributed by atoms with Crippen molar-refractivity contribution in [3.63, 3.8) is 0 Å². The molecule has 0 saturated carbocycles. The van der Waals surface area contributed by atoms with Crippen LogP contribution < -0.4 is 10.1 Å². The molecule has 0 bridgehead atoms. The molecule has 1 fully saturated rings. The van der Waals surface area contributed by atoms with Gasteiger partial charge in [0.2, 0.25) is 5.88 Å². The van der Waals surface area contributed by atoms with Gasteiger partial charge in [0.1, 0.15) is 0 Å². The number of pyridine rings is 1. The summed E-state index contributed by atoms with van der Waals surface area (Å²) in [5.41, 5.74) is 4.84. The summed E-state index contributed by atoms with van der Waals surface area (Å²) < 4.78 is 5.07. The Morgan fingerprint density at radius 1 is 0.944 bits per heavy atom. The maximum Gasteiger partial charge on any atom is 0.414 e. The fourth-order valence-electron chi connectivity index (χ4n) is 3.90. The topological polar surface area (TPSA) is 129 Å². The number of aliphatic carboxylic acids is 2. The summed E-state index contributed by atoms with van der Waals surface area (Å²) in [7, 11) is 1.57. The molecule has 1 aliphatic heterocycles. The molecular weight excluding hydrogens is 462 g/mol. The number of piperidine rings is 1. The Morgan fingerprint density at radius 3 is 2.22 bits per heavy atom. The van der Waals surface area contributed by atoms with Crippen molar-refractivity contribution in [2.24, 2.45) is 0 Å². The highest BCUT2D eigenvalue weighted by Gasteiger charge is 2.16. The fraction of sp³-hybridized carbons (Fsp3) is 0.259. The van der Waals surface area contributed by atoms with Crippen LogP contribution in [0, 0.1) is 0 Å². The number of methoxy groups -OCH3 is 1. The molecule has 1 amide bonds. The number of hydrogen-bond donors (Lipinski definition) is 3. The minimum atomic E-state index is -1.82. The summed E-state index contributed by atoms with van der Waals surface area (Å²) in [4.78, 5) is 37.7. The van der Waals surface area contributed by atoms with Gasteiger partial charge in [0.15, 0.2) is 0 Å². The van der Waals surface area contributed by atoms with Gasteiger partial charge in [0.25, 0.3) is 5.91 Å². The summed E-state index contributed by atoms with van der Waals surface area (Å²) in [6.45, 7) is 3.08. The molecule has 0 atom stereocenters. The summed E-state index contributed by atoms with van der Waals surface area (Å²) >= 11 is 0. The van der Waals surface area contributed by atoms with Crippen LogP contribution in [0.15, 0.2) is 66.9 Å². The summed E-state index contributed by atoms with van der Waals surface area (Å²) in [5.74, 6) is -3.27. The zero-order valence-electron chi connectivity index (χ0n) is 20.0. The predicted molar refractivity (Wildman–Crippen MR) is 135 cm³/mol. The number of carboxylic acids is 2. The fourth-order valence-corrected chi connectivity index (χ4v) is 3.90. The maximum atomic E-state index is 12.9. The highest BCUT2D eigenvalue weighted by atomic mass is 16.5. The third kappa shape index (κ3) is 7.64. The number of rotatable bonds is 6. The van der Waals surface area contributed by atoms with Crippen LogP contribution in [0.5, 0.6) is 5.88 Å². The first-order valence-corrected chi connectivity index (χ1v) is 11.6. The summed E-state index contributed by atoms with van der Waals surface area (Å²) in [5, 5.41) is 17.7. The molecule has 1 aliphatic rings. The van der Waals surface area contributed by atoms with Gasteiger partial charge in [-0.3, -0.25) is 9.69 Å². The first-order chi connectivity index (χ1) is 17.4. The maximum absolute atomic E-state index is 12.9. The van der Waals surface area contributed by atoms with Crippen LogP contribution >= 0.6 is 0 Å². The van der Waals surface area contributed by atoms with E-state index in [0.717, 1.165) is 19.6 Å². The second-order valence-electron chi connectivity index (χ2n) is 8.23. The van der Waals surface area contributed by atoms with Crippen LogP contribution in [0.2, 0.25) is 0 Å². The van der Waals surface area contributed by atoms with Crippen molar-refractivity contribution in [3.05, 3.63) is 78.0 Å². The van der Waals surface area contributed by atoms with Crippen molar-refractivity contribution in [1.29, 1.82) is 0 Å². The van der Waals surface area contributed by atoms with Gasteiger partial charge < -0.3 is 20.3 Å². The lowest BCUT2D eigenvalue weighted by molar-refractivity contribution is -0.159. The van der Waals surface area contributed by atoms with Crippen LogP contribution in [-0.2, 0) is 16.1 Å². The van der Waals surface area contributed by atoms with E-state index in [1.54, 1.807) is 25.4 Å². The molecule has 9 nitrogen and oxygen atoms in total. The molecule has 2 heterocycles. The van der Waals surface area contributed by atoms with Gasteiger partial charge in [-0.05, 0) is 60.8 Å². The Morgan fingerprint density at radius 2 is 1.64 bits per heavy atom. The van der Waals surface area contributed by atoms with E-state index < -0.39 is 11.9 Å². The first-order valence-electron chi connectivity index (χ1n) is 11.6. The van der Waals surface area contributed by atoms with Gasteiger partial charge in [-0.15, -0.1) is 0 Å². The molecule has 4 rings (SSSR count). The average molecular weight is 492 g/mol. The molecule has 188 valence electrons. The van der Waals surface area contributed by atoms with Gasteiger partial charge in [-0.2, -0.15) is 0 Å². The Balaban J connectivity index is 0.000000538. The van der Waals surface area contributed by atoms with E-state index in [0.29, 0.717) is 17.1 Å². The zero-order valence-corrected chi connectivity index (χ0v) is 20.0. The SMILES string of the molecule is COc1ccc(NC(=O)c2ccc(-c3ccccc3)c(CN3CCCCC3)c2)cn1.O=C(O)C(=O)O. The lowest BCUT2D eigenvalue weighted by Gasteiger charge is -2.27. The number of carbonyl (C=O) groups excluding carboxylic acids is 1. The molecule has 36 heavy (non-hydrogen) atoms. The van der Waals surface area contributed by atoms with Gasteiger partial charge in [-0.25, -0.2) is 14.6 Å². The largest absolute Gasteiger partial charge is 0.481 e. The number of benzene rings is 2. The van der Waals surface area contributed by atoms with Crippen molar-refractivity contribution in [1.82, 2.24) is 9.88 Å². The van der Waals surface area contributed by atoms with E-state index in [1.807, 2.05) is 18.2 Å². The Hall–Kier alpha value is -4.24. The number of likely N-dealkylation sites (tertiary alicyclic amines) is 1. The number of aromatic nitrogens is 1. The van der Waals surface area contributed by atoms with Crippen LogP contribution in [-0.4, -0.2) is 58.1 Å². The lowest BCUT2D eigenvalue weighted by atomic mass is 9.96. The van der Waals surface area contributed by atoms with Crippen LogP contribution in [0.1, 0.15) is 35.2 Å². The molecule has 1 aromatic heterocycles. The number of amides is 1. The molecule has 3 aromatic rings.